The van der Waals surface area contributed by atoms with Crippen LogP contribution in [0.2, 0.25) is 0 Å². The number of fused-ring (bicyclic) bond motifs is 1. The predicted octanol–water partition coefficient (Wildman–Crippen LogP) is 3.48. The molecular weight excluding hydrogens is 464 g/mol. The summed E-state index contributed by atoms with van der Waals surface area (Å²) in [5.41, 5.74) is 4.14. The second-order valence-corrected chi connectivity index (χ2v) is 11.4. The van der Waals surface area contributed by atoms with Crippen LogP contribution in [0.5, 0.6) is 0 Å². The van der Waals surface area contributed by atoms with Crippen molar-refractivity contribution in [1.29, 1.82) is 0 Å². The molecule has 0 spiro atoms. The minimum absolute atomic E-state index is 0.0405. The summed E-state index contributed by atoms with van der Waals surface area (Å²) in [4.78, 5) is 45.2. The molecule has 0 bridgehead atoms. The van der Waals surface area contributed by atoms with Gasteiger partial charge in [-0.1, -0.05) is 50.2 Å². The summed E-state index contributed by atoms with van der Waals surface area (Å²) in [6.07, 6.45) is 1.95. The minimum atomic E-state index is -0.896. The minimum Gasteiger partial charge on any atom is -0.378 e. The van der Waals surface area contributed by atoms with Crippen molar-refractivity contribution in [3.05, 3.63) is 65.2 Å². The summed E-state index contributed by atoms with van der Waals surface area (Å²) in [5.74, 6) is -0.493. The van der Waals surface area contributed by atoms with Gasteiger partial charge in [0.15, 0.2) is 0 Å². The first-order valence-corrected chi connectivity index (χ1v) is 13.3. The lowest BCUT2D eigenvalue weighted by molar-refractivity contribution is -0.158. The molecule has 7 nitrogen and oxygen atoms in total. The van der Waals surface area contributed by atoms with E-state index in [1.165, 1.54) is 11.1 Å². The first kappa shape index (κ1) is 26.7. The average molecular weight is 505 g/mol. The Morgan fingerprint density at radius 2 is 1.59 bits per heavy atom. The third kappa shape index (κ3) is 5.65. The van der Waals surface area contributed by atoms with Crippen molar-refractivity contribution in [2.75, 3.05) is 19.0 Å². The molecule has 7 heteroatoms. The molecule has 3 atom stereocenters. The standard InChI is InChI=1S/C30H40N4O3/c1-18(2)15-25-28(35)32-26(23-16-21-9-7-8-10-22(21)17-23)30(37)34(25)27(29(36)31-19(3)4)20-11-13-24(14-12-20)33(5)6/h7-14,18-19,23,25-27H,15-17H2,1-6H3,(H,31,36)(H,32,35)/t25-,26?,27-/m1/s1. The maximum Gasteiger partial charge on any atom is 0.247 e. The molecule has 2 aromatic carbocycles. The average Bonchev–Trinajstić information content (AvgIpc) is 3.27. The van der Waals surface area contributed by atoms with Gasteiger partial charge in [-0.2, -0.15) is 0 Å². The van der Waals surface area contributed by atoms with E-state index < -0.39 is 18.1 Å². The largest absolute Gasteiger partial charge is 0.378 e. The Labute approximate surface area is 220 Å². The molecule has 1 saturated heterocycles. The summed E-state index contributed by atoms with van der Waals surface area (Å²) in [5, 5.41) is 6.08. The summed E-state index contributed by atoms with van der Waals surface area (Å²) in [6.45, 7) is 7.87. The van der Waals surface area contributed by atoms with E-state index in [1.54, 1.807) is 4.90 Å². The van der Waals surface area contributed by atoms with Gasteiger partial charge in [-0.3, -0.25) is 14.4 Å². The van der Waals surface area contributed by atoms with Gasteiger partial charge in [0.2, 0.25) is 17.7 Å². The van der Waals surface area contributed by atoms with E-state index in [0.717, 1.165) is 18.5 Å². The van der Waals surface area contributed by atoms with Crippen LogP contribution in [-0.2, 0) is 27.2 Å². The van der Waals surface area contributed by atoms with Crippen molar-refractivity contribution in [3.63, 3.8) is 0 Å². The molecule has 0 radical (unpaired) electrons. The summed E-state index contributed by atoms with van der Waals surface area (Å²) in [6, 6.07) is 13.5. The molecule has 1 unspecified atom stereocenters. The number of nitrogens with zero attached hydrogens (tertiary/aromatic N) is 2. The molecule has 0 saturated carbocycles. The summed E-state index contributed by atoms with van der Waals surface area (Å²) >= 11 is 0. The van der Waals surface area contributed by atoms with Crippen LogP contribution < -0.4 is 15.5 Å². The van der Waals surface area contributed by atoms with Crippen molar-refractivity contribution < 1.29 is 14.4 Å². The Morgan fingerprint density at radius 3 is 2.11 bits per heavy atom. The Morgan fingerprint density at radius 1 is 1.00 bits per heavy atom. The SMILES string of the molecule is CC(C)C[C@@H]1C(=O)NC(C2Cc3ccccc3C2)C(=O)N1[C@@H](C(=O)NC(C)C)c1ccc(N(C)C)cc1. The third-order valence-electron chi connectivity index (χ3n) is 7.39. The number of hydrogen-bond acceptors (Lipinski definition) is 4. The van der Waals surface area contributed by atoms with Crippen LogP contribution in [0.4, 0.5) is 5.69 Å². The monoisotopic (exact) mass is 504 g/mol. The molecule has 3 amide bonds. The van der Waals surface area contributed by atoms with Gasteiger partial charge in [0.25, 0.3) is 0 Å². The molecule has 1 fully saturated rings. The van der Waals surface area contributed by atoms with Crippen LogP contribution in [-0.4, -0.2) is 54.8 Å². The van der Waals surface area contributed by atoms with E-state index in [4.69, 9.17) is 0 Å². The number of benzene rings is 2. The molecule has 2 aromatic rings. The molecule has 1 aliphatic heterocycles. The van der Waals surface area contributed by atoms with Gasteiger partial charge >= 0.3 is 0 Å². The van der Waals surface area contributed by atoms with Gasteiger partial charge in [-0.05, 0) is 73.8 Å². The first-order valence-electron chi connectivity index (χ1n) is 13.3. The number of piperazine rings is 1. The maximum absolute atomic E-state index is 14.3. The highest BCUT2D eigenvalue weighted by Crippen LogP contribution is 2.35. The number of nitrogens with one attached hydrogen (secondary N) is 2. The number of anilines is 1. The second-order valence-electron chi connectivity index (χ2n) is 11.4. The highest BCUT2D eigenvalue weighted by Gasteiger charge is 2.49. The fourth-order valence-corrected chi connectivity index (χ4v) is 5.63. The molecule has 1 aliphatic carbocycles. The van der Waals surface area contributed by atoms with Crippen LogP contribution in [0.1, 0.15) is 56.8 Å². The lowest BCUT2D eigenvalue weighted by Gasteiger charge is -2.45. The van der Waals surface area contributed by atoms with Crippen LogP contribution in [0.25, 0.3) is 0 Å². The highest BCUT2D eigenvalue weighted by molar-refractivity contribution is 6.00. The van der Waals surface area contributed by atoms with E-state index >= 15 is 0 Å². The number of hydrogen-bond donors (Lipinski definition) is 2. The number of rotatable bonds is 8. The Hall–Kier alpha value is -3.35. The Kier molecular flexibility index (Phi) is 7.90. The number of carbonyl (C=O) groups excluding carboxylic acids is 3. The molecule has 37 heavy (non-hydrogen) atoms. The van der Waals surface area contributed by atoms with Crippen LogP contribution in [0.3, 0.4) is 0 Å². The molecule has 2 N–H and O–H groups in total. The lowest BCUT2D eigenvalue weighted by atomic mass is 9.88. The summed E-state index contributed by atoms with van der Waals surface area (Å²) in [7, 11) is 3.92. The molecule has 1 heterocycles. The molecule has 198 valence electrons. The van der Waals surface area contributed by atoms with Gasteiger partial charge in [-0.15, -0.1) is 0 Å². The predicted molar refractivity (Wildman–Crippen MR) is 146 cm³/mol. The van der Waals surface area contributed by atoms with Crippen LogP contribution in [0, 0.1) is 11.8 Å². The zero-order valence-corrected chi connectivity index (χ0v) is 22.8. The number of amides is 3. The Balaban J connectivity index is 1.75. The molecule has 2 aliphatic rings. The van der Waals surface area contributed by atoms with Crippen molar-refractivity contribution in [2.24, 2.45) is 11.8 Å². The molecular formula is C30H40N4O3. The van der Waals surface area contributed by atoms with E-state index in [0.29, 0.717) is 12.0 Å². The van der Waals surface area contributed by atoms with E-state index in [2.05, 4.69) is 22.8 Å². The van der Waals surface area contributed by atoms with Crippen LogP contribution >= 0.6 is 0 Å². The van der Waals surface area contributed by atoms with Gasteiger partial charge in [0.05, 0.1) is 0 Å². The van der Waals surface area contributed by atoms with E-state index in [9.17, 15) is 14.4 Å². The smallest absolute Gasteiger partial charge is 0.247 e. The van der Waals surface area contributed by atoms with Crippen molar-refractivity contribution >= 4 is 23.4 Å². The van der Waals surface area contributed by atoms with Crippen molar-refractivity contribution in [1.82, 2.24) is 15.5 Å². The van der Waals surface area contributed by atoms with Gasteiger partial charge in [0, 0.05) is 25.8 Å². The van der Waals surface area contributed by atoms with E-state index in [1.807, 2.05) is 83.1 Å². The topological polar surface area (TPSA) is 81.8 Å². The van der Waals surface area contributed by atoms with Gasteiger partial charge in [-0.25, -0.2) is 0 Å². The lowest BCUT2D eigenvalue weighted by Crippen LogP contribution is -2.67. The second kappa shape index (κ2) is 11.0. The fraction of sp³-hybridized carbons (Fsp3) is 0.500. The normalized spacial score (nSPS) is 20.7. The zero-order valence-electron chi connectivity index (χ0n) is 22.8. The van der Waals surface area contributed by atoms with Crippen molar-refractivity contribution in [2.45, 2.75) is 71.1 Å². The third-order valence-corrected chi connectivity index (χ3v) is 7.39. The Bertz CT molecular complexity index is 1120. The van der Waals surface area contributed by atoms with E-state index in [-0.39, 0.29) is 35.6 Å². The van der Waals surface area contributed by atoms with Crippen LogP contribution in [0.15, 0.2) is 48.5 Å². The van der Waals surface area contributed by atoms with Crippen molar-refractivity contribution in [3.8, 4) is 0 Å². The zero-order chi connectivity index (χ0) is 26.9. The molecule has 0 aromatic heterocycles. The quantitative estimate of drug-likeness (QED) is 0.577. The summed E-state index contributed by atoms with van der Waals surface area (Å²) < 4.78 is 0. The van der Waals surface area contributed by atoms with Gasteiger partial charge < -0.3 is 20.4 Å². The first-order chi connectivity index (χ1) is 17.6. The maximum atomic E-state index is 14.3. The number of carbonyl (C=O) groups is 3. The van der Waals surface area contributed by atoms with Gasteiger partial charge in [0.1, 0.15) is 18.1 Å². The fourth-order valence-electron chi connectivity index (χ4n) is 5.63. The molecule has 4 rings (SSSR count). The highest BCUT2D eigenvalue weighted by atomic mass is 16.2.